The van der Waals surface area contributed by atoms with Crippen LogP contribution in [0.25, 0.3) is 0 Å². The van der Waals surface area contributed by atoms with E-state index in [9.17, 15) is 4.79 Å². The van der Waals surface area contributed by atoms with Crippen LogP contribution in [-0.2, 0) is 11.3 Å². The molecule has 0 fully saturated rings. The van der Waals surface area contributed by atoms with E-state index in [-0.39, 0.29) is 12.2 Å². The molecule has 0 aliphatic heterocycles. The van der Waals surface area contributed by atoms with Crippen molar-refractivity contribution in [2.75, 3.05) is 12.8 Å². The third-order valence-electron chi connectivity index (χ3n) is 2.84. The number of anilines is 1. The first-order valence-electron chi connectivity index (χ1n) is 6.06. The Morgan fingerprint density at radius 2 is 2.00 bits per heavy atom. The standard InChI is InChI=1S/C15H13Cl2NO3/c1-20-14-11(3-2-4-13(14)18)15(19)21-8-9-7-10(16)5-6-12(9)17/h2-7H,8,18H2,1H3. The summed E-state index contributed by atoms with van der Waals surface area (Å²) in [5.41, 5.74) is 7.00. The Kier molecular flexibility index (Phi) is 4.94. The van der Waals surface area contributed by atoms with Crippen LogP contribution in [0.5, 0.6) is 5.75 Å². The highest BCUT2D eigenvalue weighted by atomic mass is 35.5. The molecule has 2 aromatic rings. The molecule has 0 saturated heterocycles. The molecule has 0 spiro atoms. The van der Waals surface area contributed by atoms with Crippen molar-refractivity contribution in [1.82, 2.24) is 0 Å². The maximum Gasteiger partial charge on any atom is 0.342 e. The van der Waals surface area contributed by atoms with Gasteiger partial charge in [0.15, 0.2) is 5.75 Å². The Labute approximate surface area is 132 Å². The zero-order chi connectivity index (χ0) is 15.4. The Balaban J connectivity index is 2.16. The van der Waals surface area contributed by atoms with Gasteiger partial charge in [0.2, 0.25) is 0 Å². The minimum absolute atomic E-state index is 0.0101. The molecule has 2 rings (SSSR count). The van der Waals surface area contributed by atoms with Gasteiger partial charge in [-0.1, -0.05) is 29.3 Å². The Bertz CT molecular complexity index is 674. The summed E-state index contributed by atoms with van der Waals surface area (Å²) in [6, 6.07) is 9.83. The molecule has 0 aromatic heterocycles. The van der Waals surface area contributed by atoms with Crippen molar-refractivity contribution in [2.45, 2.75) is 6.61 Å². The quantitative estimate of drug-likeness (QED) is 0.683. The monoisotopic (exact) mass is 325 g/mol. The maximum atomic E-state index is 12.1. The fraction of sp³-hybridized carbons (Fsp3) is 0.133. The van der Waals surface area contributed by atoms with Gasteiger partial charge < -0.3 is 15.2 Å². The van der Waals surface area contributed by atoms with Crippen LogP contribution in [0.4, 0.5) is 5.69 Å². The smallest absolute Gasteiger partial charge is 0.342 e. The van der Waals surface area contributed by atoms with Crippen molar-refractivity contribution < 1.29 is 14.3 Å². The zero-order valence-electron chi connectivity index (χ0n) is 11.2. The first-order chi connectivity index (χ1) is 10.0. The van der Waals surface area contributed by atoms with E-state index in [1.165, 1.54) is 7.11 Å². The van der Waals surface area contributed by atoms with Gasteiger partial charge >= 0.3 is 5.97 Å². The number of para-hydroxylation sites is 1. The summed E-state index contributed by atoms with van der Waals surface area (Å²) in [5.74, 6) is -0.255. The van der Waals surface area contributed by atoms with E-state index >= 15 is 0 Å². The number of rotatable bonds is 4. The lowest BCUT2D eigenvalue weighted by molar-refractivity contribution is 0.0469. The normalized spacial score (nSPS) is 10.2. The largest absolute Gasteiger partial charge is 0.494 e. The van der Waals surface area contributed by atoms with E-state index in [4.69, 9.17) is 38.4 Å². The fourth-order valence-corrected chi connectivity index (χ4v) is 2.19. The number of halogens is 2. The lowest BCUT2D eigenvalue weighted by Crippen LogP contribution is -2.08. The lowest BCUT2D eigenvalue weighted by Gasteiger charge is -2.11. The first kappa shape index (κ1) is 15.5. The molecule has 0 aliphatic carbocycles. The average Bonchev–Trinajstić information content (AvgIpc) is 2.47. The second kappa shape index (κ2) is 6.70. The van der Waals surface area contributed by atoms with Crippen LogP contribution in [0, 0.1) is 0 Å². The van der Waals surface area contributed by atoms with E-state index in [2.05, 4.69) is 0 Å². The second-order valence-corrected chi connectivity index (χ2v) is 5.08. The molecule has 0 aliphatic rings. The number of methoxy groups -OCH3 is 1. The summed E-state index contributed by atoms with van der Waals surface area (Å²) in [5, 5.41) is 0.999. The number of carbonyl (C=O) groups is 1. The van der Waals surface area contributed by atoms with Gasteiger partial charge in [0.1, 0.15) is 12.2 Å². The third-order valence-corrected chi connectivity index (χ3v) is 3.44. The molecule has 0 bridgehead atoms. The van der Waals surface area contributed by atoms with E-state index in [0.29, 0.717) is 27.0 Å². The van der Waals surface area contributed by atoms with Crippen LogP contribution in [0.3, 0.4) is 0 Å². The Hall–Kier alpha value is -1.91. The number of benzene rings is 2. The van der Waals surface area contributed by atoms with Crippen molar-refractivity contribution in [2.24, 2.45) is 0 Å². The summed E-state index contributed by atoms with van der Waals surface area (Å²) in [6.07, 6.45) is 0. The minimum atomic E-state index is -0.546. The summed E-state index contributed by atoms with van der Waals surface area (Å²) in [6.45, 7) is 0.0101. The van der Waals surface area contributed by atoms with Crippen LogP contribution in [-0.4, -0.2) is 13.1 Å². The minimum Gasteiger partial charge on any atom is -0.494 e. The Morgan fingerprint density at radius 3 is 2.71 bits per heavy atom. The number of hydrogen-bond acceptors (Lipinski definition) is 4. The van der Waals surface area contributed by atoms with Gasteiger partial charge in [-0.3, -0.25) is 0 Å². The number of nitrogens with two attached hydrogens (primary N) is 1. The number of ether oxygens (including phenoxy) is 2. The fourth-order valence-electron chi connectivity index (χ4n) is 1.82. The predicted molar refractivity (Wildman–Crippen MR) is 83.0 cm³/mol. The molecule has 4 nitrogen and oxygen atoms in total. The van der Waals surface area contributed by atoms with Gasteiger partial charge in [0.05, 0.1) is 12.8 Å². The van der Waals surface area contributed by atoms with Crippen LogP contribution in [0.2, 0.25) is 10.0 Å². The molecule has 21 heavy (non-hydrogen) atoms. The molecule has 0 radical (unpaired) electrons. The van der Waals surface area contributed by atoms with Gasteiger partial charge in [-0.15, -0.1) is 0 Å². The zero-order valence-corrected chi connectivity index (χ0v) is 12.7. The molecule has 0 amide bonds. The topological polar surface area (TPSA) is 61.5 Å². The summed E-state index contributed by atoms with van der Waals surface area (Å²) in [4.78, 5) is 12.1. The van der Waals surface area contributed by atoms with Crippen molar-refractivity contribution >= 4 is 34.9 Å². The Morgan fingerprint density at radius 1 is 1.24 bits per heavy atom. The van der Waals surface area contributed by atoms with E-state index < -0.39 is 5.97 Å². The molecule has 0 saturated carbocycles. The lowest BCUT2D eigenvalue weighted by atomic mass is 10.1. The predicted octanol–water partition coefficient (Wildman–Crippen LogP) is 3.94. The van der Waals surface area contributed by atoms with Gasteiger partial charge in [-0.25, -0.2) is 4.79 Å². The van der Waals surface area contributed by atoms with E-state index in [0.717, 1.165) is 0 Å². The molecule has 6 heteroatoms. The van der Waals surface area contributed by atoms with Crippen molar-refractivity contribution in [3.8, 4) is 5.75 Å². The molecule has 0 heterocycles. The molecule has 2 N–H and O–H groups in total. The van der Waals surface area contributed by atoms with Crippen molar-refractivity contribution in [1.29, 1.82) is 0 Å². The summed E-state index contributed by atoms with van der Waals surface area (Å²) < 4.78 is 10.3. The van der Waals surface area contributed by atoms with Crippen molar-refractivity contribution in [3.63, 3.8) is 0 Å². The second-order valence-electron chi connectivity index (χ2n) is 4.24. The van der Waals surface area contributed by atoms with Gasteiger partial charge in [0, 0.05) is 15.6 Å². The molecule has 0 unspecified atom stereocenters. The highest BCUT2D eigenvalue weighted by Crippen LogP contribution is 2.27. The third kappa shape index (κ3) is 3.60. The van der Waals surface area contributed by atoms with Crippen LogP contribution >= 0.6 is 23.2 Å². The average molecular weight is 326 g/mol. The highest BCUT2D eigenvalue weighted by molar-refractivity contribution is 6.33. The SMILES string of the molecule is COc1c(N)cccc1C(=O)OCc1cc(Cl)ccc1Cl. The maximum absolute atomic E-state index is 12.1. The van der Waals surface area contributed by atoms with Crippen LogP contribution in [0.15, 0.2) is 36.4 Å². The van der Waals surface area contributed by atoms with Gasteiger partial charge in [-0.05, 0) is 30.3 Å². The first-order valence-corrected chi connectivity index (χ1v) is 6.82. The van der Waals surface area contributed by atoms with E-state index in [1.54, 1.807) is 36.4 Å². The molecule has 110 valence electrons. The highest BCUT2D eigenvalue weighted by Gasteiger charge is 2.16. The van der Waals surface area contributed by atoms with Gasteiger partial charge in [-0.2, -0.15) is 0 Å². The van der Waals surface area contributed by atoms with Gasteiger partial charge in [0.25, 0.3) is 0 Å². The molecule has 0 atom stereocenters. The molecular formula is C15H13Cl2NO3. The van der Waals surface area contributed by atoms with Crippen LogP contribution in [0.1, 0.15) is 15.9 Å². The van der Waals surface area contributed by atoms with Crippen molar-refractivity contribution in [3.05, 3.63) is 57.6 Å². The van der Waals surface area contributed by atoms with Crippen LogP contribution < -0.4 is 10.5 Å². The number of nitrogen functional groups attached to an aromatic ring is 1. The number of hydrogen-bond donors (Lipinski definition) is 1. The summed E-state index contributed by atoms with van der Waals surface area (Å²) >= 11 is 11.9. The molecule has 2 aromatic carbocycles. The number of esters is 1. The van der Waals surface area contributed by atoms with E-state index in [1.807, 2.05) is 0 Å². The number of carbonyl (C=O) groups excluding carboxylic acids is 1. The summed E-state index contributed by atoms with van der Waals surface area (Å²) in [7, 11) is 1.44. The molecular weight excluding hydrogens is 313 g/mol.